The van der Waals surface area contributed by atoms with Gasteiger partial charge in [0.25, 0.3) is 5.69 Å². The number of halogens is 1. The Labute approximate surface area is 124 Å². The van der Waals surface area contributed by atoms with Gasteiger partial charge in [-0.25, -0.2) is 4.79 Å². The fraction of sp³-hybridized carbons (Fsp3) is 0.333. The van der Waals surface area contributed by atoms with Gasteiger partial charge in [-0.1, -0.05) is 11.6 Å². The van der Waals surface area contributed by atoms with Crippen molar-refractivity contribution in [2.75, 3.05) is 13.1 Å². The van der Waals surface area contributed by atoms with E-state index in [-0.39, 0.29) is 22.9 Å². The standard InChI is InChI=1S/C12H10ClN3O5/c13-11-9(16(19)20)3-7(5-14)4-10(11)21-8-1-2-15(6-8)12(17)18/h3-4,8H,1-2,6H2,(H,17,18). The Morgan fingerprint density at radius 3 is 2.86 bits per heavy atom. The Kier molecular flexibility index (Phi) is 4.14. The molecule has 8 nitrogen and oxygen atoms in total. The van der Waals surface area contributed by atoms with Gasteiger partial charge in [0.1, 0.15) is 11.9 Å². The minimum atomic E-state index is -1.05. The number of rotatable bonds is 3. The first-order valence-electron chi connectivity index (χ1n) is 5.95. The first-order chi connectivity index (χ1) is 9.92. The van der Waals surface area contributed by atoms with E-state index in [4.69, 9.17) is 26.7 Å². The van der Waals surface area contributed by atoms with E-state index >= 15 is 0 Å². The van der Waals surface area contributed by atoms with Crippen molar-refractivity contribution < 1.29 is 19.6 Å². The zero-order valence-electron chi connectivity index (χ0n) is 10.7. The zero-order valence-corrected chi connectivity index (χ0v) is 11.4. The number of amides is 1. The van der Waals surface area contributed by atoms with E-state index in [1.807, 2.05) is 0 Å². The maximum atomic E-state index is 10.9. The van der Waals surface area contributed by atoms with Crippen LogP contribution in [0.15, 0.2) is 12.1 Å². The molecule has 1 aliphatic rings. The summed E-state index contributed by atoms with van der Waals surface area (Å²) in [4.78, 5) is 22.2. The van der Waals surface area contributed by atoms with Crippen LogP contribution in [0, 0.1) is 21.4 Å². The molecule has 1 aliphatic heterocycles. The number of ether oxygens (including phenoxy) is 1. The van der Waals surface area contributed by atoms with Crippen molar-refractivity contribution in [2.45, 2.75) is 12.5 Å². The summed E-state index contributed by atoms with van der Waals surface area (Å²) in [5.74, 6) is 0.0136. The van der Waals surface area contributed by atoms with Crippen molar-refractivity contribution in [1.29, 1.82) is 5.26 Å². The molecule has 1 unspecified atom stereocenters. The smallest absolute Gasteiger partial charge is 0.407 e. The summed E-state index contributed by atoms with van der Waals surface area (Å²) in [6.07, 6.45) is -1.05. The van der Waals surface area contributed by atoms with Crippen molar-refractivity contribution in [3.05, 3.63) is 32.8 Å². The van der Waals surface area contributed by atoms with Crippen molar-refractivity contribution in [1.82, 2.24) is 4.90 Å². The average molecular weight is 312 g/mol. The Morgan fingerprint density at radius 2 is 2.33 bits per heavy atom. The van der Waals surface area contributed by atoms with Crippen LogP contribution in [0.25, 0.3) is 0 Å². The van der Waals surface area contributed by atoms with Gasteiger partial charge >= 0.3 is 6.09 Å². The number of hydrogen-bond donors (Lipinski definition) is 1. The third-order valence-corrected chi connectivity index (χ3v) is 3.43. The number of nitro benzene ring substituents is 1. The van der Waals surface area contributed by atoms with Gasteiger partial charge in [-0.3, -0.25) is 10.1 Å². The van der Waals surface area contributed by atoms with Gasteiger partial charge in [0.2, 0.25) is 0 Å². The van der Waals surface area contributed by atoms with Crippen LogP contribution in [0.3, 0.4) is 0 Å². The predicted molar refractivity (Wildman–Crippen MR) is 71.5 cm³/mol. The van der Waals surface area contributed by atoms with E-state index in [2.05, 4.69) is 0 Å². The maximum Gasteiger partial charge on any atom is 0.407 e. The van der Waals surface area contributed by atoms with E-state index in [1.165, 1.54) is 11.0 Å². The third-order valence-electron chi connectivity index (χ3n) is 3.05. The van der Waals surface area contributed by atoms with Crippen LogP contribution >= 0.6 is 11.6 Å². The molecule has 1 saturated heterocycles. The molecule has 9 heteroatoms. The molecule has 0 saturated carbocycles. The van der Waals surface area contributed by atoms with Crippen LogP contribution in [-0.4, -0.2) is 40.2 Å². The third kappa shape index (κ3) is 3.14. The molecule has 1 aromatic rings. The highest BCUT2D eigenvalue weighted by atomic mass is 35.5. The summed E-state index contributed by atoms with van der Waals surface area (Å²) in [6.45, 7) is 0.466. The molecule has 1 aromatic carbocycles. The lowest BCUT2D eigenvalue weighted by atomic mass is 10.2. The molecular formula is C12H10ClN3O5. The number of nitrogens with zero attached hydrogens (tertiary/aromatic N) is 3. The summed E-state index contributed by atoms with van der Waals surface area (Å²) < 4.78 is 5.53. The second kappa shape index (κ2) is 5.85. The van der Waals surface area contributed by atoms with Crippen LogP contribution < -0.4 is 4.74 Å². The average Bonchev–Trinajstić information content (AvgIpc) is 2.89. The molecule has 21 heavy (non-hydrogen) atoms. The van der Waals surface area contributed by atoms with Crippen LogP contribution in [0.1, 0.15) is 12.0 Å². The van der Waals surface area contributed by atoms with Crippen LogP contribution in [0.2, 0.25) is 5.02 Å². The predicted octanol–water partition coefficient (Wildman–Crippen LogP) is 2.25. The van der Waals surface area contributed by atoms with Crippen molar-refractivity contribution in [3.63, 3.8) is 0 Å². The Balaban J connectivity index is 2.24. The molecule has 0 spiro atoms. The van der Waals surface area contributed by atoms with E-state index < -0.39 is 22.8 Å². The first kappa shape index (κ1) is 14.9. The molecule has 1 heterocycles. The van der Waals surface area contributed by atoms with Crippen LogP contribution in [-0.2, 0) is 0 Å². The second-order valence-corrected chi connectivity index (χ2v) is 4.81. The number of nitriles is 1. The normalized spacial score (nSPS) is 17.3. The molecule has 0 radical (unpaired) electrons. The number of hydrogen-bond acceptors (Lipinski definition) is 5. The van der Waals surface area contributed by atoms with Gasteiger partial charge in [-0.2, -0.15) is 5.26 Å². The Hall–Kier alpha value is -2.53. The van der Waals surface area contributed by atoms with Crippen LogP contribution in [0.5, 0.6) is 5.75 Å². The molecule has 110 valence electrons. The lowest BCUT2D eigenvalue weighted by Crippen LogP contribution is -2.29. The molecule has 1 amide bonds. The molecule has 1 fully saturated rings. The number of carbonyl (C=O) groups is 1. The van der Waals surface area contributed by atoms with Crippen molar-refractivity contribution in [3.8, 4) is 11.8 Å². The van der Waals surface area contributed by atoms with E-state index in [0.29, 0.717) is 13.0 Å². The largest absolute Gasteiger partial charge is 0.487 e. The van der Waals surface area contributed by atoms with Gasteiger partial charge < -0.3 is 14.7 Å². The van der Waals surface area contributed by atoms with Gasteiger partial charge in [0.15, 0.2) is 5.02 Å². The molecular weight excluding hydrogens is 302 g/mol. The number of likely N-dealkylation sites (tertiary alicyclic amines) is 1. The lowest BCUT2D eigenvalue weighted by molar-refractivity contribution is -0.384. The minimum absolute atomic E-state index is 0.0136. The highest BCUT2D eigenvalue weighted by molar-refractivity contribution is 6.34. The number of benzene rings is 1. The summed E-state index contributed by atoms with van der Waals surface area (Å²) >= 11 is 5.90. The minimum Gasteiger partial charge on any atom is -0.487 e. The quantitative estimate of drug-likeness (QED) is 0.675. The fourth-order valence-corrected chi connectivity index (χ4v) is 2.27. The SMILES string of the molecule is N#Cc1cc(OC2CCN(C(=O)O)C2)c(Cl)c([N+](=O)[O-])c1. The lowest BCUT2D eigenvalue weighted by Gasteiger charge is -2.15. The Bertz CT molecular complexity index is 643. The second-order valence-electron chi connectivity index (χ2n) is 4.43. The topological polar surface area (TPSA) is 117 Å². The molecule has 1 N–H and O–H groups in total. The number of nitro groups is 1. The summed E-state index contributed by atoms with van der Waals surface area (Å²) in [5, 5.41) is 28.4. The zero-order chi connectivity index (χ0) is 15.6. The highest BCUT2D eigenvalue weighted by Gasteiger charge is 2.29. The highest BCUT2D eigenvalue weighted by Crippen LogP contribution is 2.36. The first-order valence-corrected chi connectivity index (χ1v) is 6.32. The van der Waals surface area contributed by atoms with E-state index in [0.717, 1.165) is 6.07 Å². The maximum absolute atomic E-state index is 10.9. The van der Waals surface area contributed by atoms with Gasteiger partial charge in [-0.15, -0.1) is 0 Å². The van der Waals surface area contributed by atoms with Crippen LogP contribution in [0.4, 0.5) is 10.5 Å². The van der Waals surface area contributed by atoms with Gasteiger partial charge in [0.05, 0.1) is 23.1 Å². The van der Waals surface area contributed by atoms with Gasteiger partial charge in [0, 0.05) is 19.0 Å². The number of carboxylic acid groups (broad SMARTS) is 1. The fourth-order valence-electron chi connectivity index (χ4n) is 2.04. The van der Waals surface area contributed by atoms with E-state index in [1.54, 1.807) is 6.07 Å². The van der Waals surface area contributed by atoms with Crippen molar-refractivity contribution in [2.24, 2.45) is 0 Å². The molecule has 2 rings (SSSR count). The molecule has 0 aliphatic carbocycles. The summed E-state index contributed by atoms with van der Waals surface area (Å²) in [5.41, 5.74) is -0.368. The van der Waals surface area contributed by atoms with E-state index in [9.17, 15) is 14.9 Å². The monoisotopic (exact) mass is 311 g/mol. The molecule has 1 atom stereocenters. The van der Waals surface area contributed by atoms with Crippen molar-refractivity contribution >= 4 is 23.4 Å². The molecule has 0 bridgehead atoms. The molecule has 0 aromatic heterocycles. The summed E-state index contributed by atoms with van der Waals surface area (Å²) in [7, 11) is 0. The Morgan fingerprint density at radius 1 is 1.62 bits per heavy atom. The summed E-state index contributed by atoms with van der Waals surface area (Å²) in [6, 6.07) is 4.16. The van der Waals surface area contributed by atoms with Gasteiger partial charge in [-0.05, 0) is 6.07 Å².